The summed E-state index contributed by atoms with van der Waals surface area (Å²) < 4.78 is 22.5. The van der Waals surface area contributed by atoms with Crippen molar-refractivity contribution in [2.45, 2.75) is 30.4 Å². The number of nitrogens with two attached hydrogens (primary N) is 1. The van der Waals surface area contributed by atoms with Gasteiger partial charge in [-0.3, -0.25) is 9.78 Å². The summed E-state index contributed by atoms with van der Waals surface area (Å²) >= 11 is 0. The monoisotopic (exact) mass is 242 g/mol. The Morgan fingerprint density at radius 1 is 1.38 bits per heavy atom. The second-order valence-electron chi connectivity index (χ2n) is 4.01. The molecule has 0 aromatic carbocycles. The highest BCUT2D eigenvalue weighted by molar-refractivity contribution is 7.93. The molecule has 16 heavy (non-hydrogen) atoms. The number of aryl methyl sites for hydroxylation is 1. The molecule has 5 nitrogen and oxygen atoms in total. The van der Waals surface area contributed by atoms with E-state index in [2.05, 4.69) is 4.98 Å². The highest BCUT2D eigenvalue weighted by Crippen LogP contribution is 2.24. The maximum atomic E-state index is 12.1. The second-order valence-corrected chi connectivity index (χ2v) is 6.51. The fourth-order valence-electron chi connectivity index (χ4n) is 1.04. The molecule has 0 saturated carbocycles. The lowest BCUT2D eigenvalue weighted by Crippen LogP contribution is -2.45. The lowest BCUT2D eigenvalue weighted by Gasteiger charge is -2.20. The van der Waals surface area contributed by atoms with E-state index >= 15 is 0 Å². The fourth-order valence-corrected chi connectivity index (χ4v) is 2.33. The highest BCUT2D eigenvalue weighted by atomic mass is 32.2. The first-order chi connectivity index (χ1) is 7.19. The van der Waals surface area contributed by atoms with Crippen molar-refractivity contribution in [2.24, 2.45) is 5.73 Å². The average molecular weight is 242 g/mol. The molecule has 0 radical (unpaired) electrons. The minimum absolute atomic E-state index is 0.00176. The molecule has 1 rings (SSSR count). The number of carbonyl (C=O) groups is 1. The van der Waals surface area contributed by atoms with Crippen LogP contribution < -0.4 is 5.73 Å². The minimum atomic E-state index is -3.79. The van der Waals surface area contributed by atoms with Gasteiger partial charge in [0.2, 0.25) is 5.91 Å². The smallest absolute Gasteiger partial charge is 0.238 e. The van der Waals surface area contributed by atoms with Crippen LogP contribution in [0.1, 0.15) is 19.5 Å². The van der Waals surface area contributed by atoms with E-state index in [0.29, 0.717) is 5.69 Å². The quantitative estimate of drug-likeness (QED) is 0.832. The molecular weight excluding hydrogens is 228 g/mol. The maximum absolute atomic E-state index is 12.1. The Balaban J connectivity index is 3.33. The Bertz CT molecular complexity index is 503. The number of amides is 1. The van der Waals surface area contributed by atoms with Crippen LogP contribution in [0.15, 0.2) is 23.2 Å². The third-order valence-corrected chi connectivity index (χ3v) is 4.87. The van der Waals surface area contributed by atoms with Gasteiger partial charge in [0.05, 0.1) is 4.90 Å². The van der Waals surface area contributed by atoms with E-state index in [9.17, 15) is 13.2 Å². The topological polar surface area (TPSA) is 90.1 Å². The van der Waals surface area contributed by atoms with Crippen molar-refractivity contribution in [1.82, 2.24) is 4.98 Å². The Kier molecular flexibility index (Phi) is 3.05. The zero-order valence-corrected chi connectivity index (χ0v) is 10.2. The molecule has 88 valence electrons. The first-order valence-corrected chi connectivity index (χ1v) is 6.15. The lowest BCUT2D eigenvalue weighted by molar-refractivity contribution is -0.119. The van der Waals surface area contributed by atoms with Crippen molar-refractivity contribution in [3.63, 3.8) is 0 Å². The molecule has 1 aromatic heterocycles. The van der Waals surface area contributed by atoms with Gasteiger partial charge >= 0.3 is 0 Å². The average Bonchev–Trinajstić information content (AvgIpc) is 2.17. The number of rotatable bonds is 3. The maximum Gasteiger partial charge on any atom is 0.238 e. The number of sulfone groups is 1. The second kappa shape index (κ2) is 3.86. The third-order valence-electron chi connectivity index (χ3n) is 2.46. The SMILES string of the molecule is Cc1ccc(S(=O)(=O)C(C)(C)C(N)=O)cn1. The molecule has 6 heteroatoms. The molecule has 0 unspecified atom stereocenters. The Morgan fingerprint density at radius 3 is 2.31 bits per heavy atom. The Morgan fingerprint density at radius 2 is 1.94 bits per heavy atom. The van der Waals surface area contributed by atoms with Crippen molar-refractivity contribution in [3.05, 3.63) is 24.0 Å². The molecule has 0 aliphatic carbocycles. The van der Waals surface area contributed by atoms with Crippen molar-refractivity contribution in [1.29, 1.82) is 0 Å². The zero-order valence-electron chi connectivity index (χ0n) is 9.39. The predicted molar refractivity (Wildman–Crippen MR) is 59.4 cm³/mol. The molecule has 2 N–H and O–H groups in total. The molecule has 1 heterocycles. The number of carbonyl (C=O) groups excluding carboxylic acids is 1. The molecule has 0 fully saturated rings. The predicted octanol–water partition coefficient (Wildman–Crippen LogP) is 0.428. The minimum Gasteiger partial charge on any atom is -0.368 e. The van der Waals surface area contributed by atoms with Crippen molar-refractivity contribution >= 4 is 15.7 Å². The summed E-state index contributed by atoms with van der Waals surface area (Å²) in [7, 11) is -3.79. The summed E-state index contributed by atoms with van der Waals surface area (Å²) in [4.78, 5) is 15.0. The number of hydrogen-bond acceptors (Lipinski definition) is 4. The zero-order chi connectivity index (χ0) is 12.6. The summed E-state index contributed by atoms with van der Waals surface area (Å²) in [6.45, 7) is 4.31. The number of aromatic nitrogens is 1. The van der Waals surface area contributed by atoms with Gasteiger partial charge in [-0.1, -0.05) is 0 Å². The number of hydrogen-bond donors (Lipinski definition) is 1. The highest BCUT2D eigenvalue weighted by Gasteiger charge is 2.41. The van der Waals surface area contributed by atoms with Crippen molar-refractivity contribution in [2.75, 3.05) is 0 Å². The molecule has 0 saturated heterocycles. The Labute approximate surface area is 94.6 Å². The molecule has 0 bridgehead atoms. The van der Waals surface area contributed by atoms with E-state index in [0.717, 1.165) is 0 Å². The van der Waals surface area contributed by atoms with Crippen LogP contribution >= 0.6 is 0 Å². The molecule has 0 atom stereocenters. The van der Waals surface area contributed by atoms with E-state index in [-0.39, 0.29) is 4.90 Å². The van der Waals surface area contributed by atoms with Crippen molar-refractivity contribution < 1.29 is 13.2 Å². The van der Waals surface area contributed by atoms with E-state index in [4.69, 9.17) is 5.73 Å². The van der Waals surface area contributed by atoms with Crippen LogP contribution in [-0.4, -0.2) is 24.1 Å². The number of pyridine rings is 1. The van der Waals surface area contributed by atoms with Crippen molar-refractivity contribution in [3.8, 4) is 0 Å². The van der Waals surface area contributed by atoms with Gasteiger partial charge in [-0.15, -0.1) is 0 Å². The van der Waals surface area contributed by atoms with E-state index in [1.165, 1.54) is 26.1 Å². The van der Waals surface area contributed by atoms with E-state index < -0.39 is 20.5 Å². The summed E-state index contributed by atoms with van der Waals surface area (Å²) in [5.74, 6) is -0.881. The standard InChI is InChI=1S/C10H14N2O3S/c1-7-4-5-8(6-12-7)16(14,15)10(2,3)9(11)13/h4-6H,1-3H3,(H2,11,13). The van der Waals surface area contributed by atoms with Crippen LogP contribution in [0.2, 0.25) is 0 Å². The van der Waals surface area contributed by atoms with Crippen LogP contribution in [0.25, 0.3) is 0 Å². The van der Waals surface area contributed by atoms with E-state index in [1.54, 1.807) is 13.0 Å². The first-order valence-electron chi connectivity index (χ1n) is 4.67. The summed E-state index contributed by atoms with van der Waals surface area (Å²) in [5, 5.41) is 0. The van der Waals surface area contributed by atoms with Crippen LogP contribution in [-0.2, 0) is 14.6 Å². The molecule has 1 amide bonds. The fraction of sp³-hybridized carbons (Fsp3) is 0.400. The largest absolute Gasteiger partial charge is 0.368 e. The Hall–Kier alpha value is -1.43. The van der Waals surface area contributed by atoms with Gasteiger partial charge in [0.15, 0.2) is 9.84 Å². The summed E-state index contributed by atoms with van der Waals surface area (Å²) in [6.07, 6.45) is 1.23. The van der Waals surface area contributed by atoms with Gasteiger partial charge in [-0.2, -0.15) is 0 Å². The molecule has 0 spiro atoms. The number of primary amides is 1. The van der Waals surface area contributed by atoms with Crippen LogP contribution in [0.5, 0.6) is 0 Å². The molecular formula is C10H14N2O3S. The van der Waals surface area contributed by atoms with Gasteiger partial charge in [0.1, 0.15) is 4.75 Å². The van der Waals surface area contributed by atoms with Gasteiger partial charge in [-0.05, 0) is 32.9 Å². The lowest BCUT2D eigenvalue weighted by atomic mass is 10.2. The van der Waals surface area contributed by atoms with E-state index in [1.807, 2.05) is 0 Å². The normalized spacial score (nSPS) is 12.4. The molecule has 0 aliphatic rings. The molecule has 0 aliphatic heterocycles. The van der Waals surface area contributed by atoms with Gasteiger partial charge in [-0.25, -0.2) is 8.42 Å². The third kappa shape index (κ3) is 1.92. The van der Waals surface area contributed by atoms with Gasteiger partial charge in [0, 0.05) is 11.9 Å². The summed E-state index contributed by atoms with van der Waals surface area (Å²) in [5.41, 5.74) is 5.79. The molecule has 1 aromatic rings. The summed E-state index contributed by atoms with van der Waals surface area (Å²) in [6, 6.07) is 2.99. The first kappa shape index (κ1) is 12.6. The van der Waals surface area contributed by atoms with Crippen LogP contribution in [0.4, 0.5) is 0 Å². The number of nitrogens with zero attached hydrogens (tertiary/aromatic N) is 1. The van der Waals surface area contributed by atoms with Crippen LogP contribution in [0, 0.1) is 6.92 Å². The van der Waals surface area contributed by atoms with Crippen LogP contribution in [0.3, 0.4) is 0 Å². The van der Waals surface area contributed by atoms with Gasteiger partial charge < -0.3 is 5.73 Å². The van der Waals surface area contributed by atoms with Gasteiger partial charge in [0.25, 0.3) is 0 Å².